The van der Waals surface area contributed by atoms with E-state index < -0.39 is 12.3 Å². The van der Waals surface area contributed by atoms with Crippen LogP contribution < -0.4 is 4.90 Å². The number of aromatic nitrogens is 2. The first-order valence-corrected chi connectivity index (χ1v) is 13.1. The third-order valence-electron chi connectivity index (χ3n) is 8.68. The van der Waals surface area contributed by atoms with Crippen LogP contribution in [0.15, 0.2) is 18.2 Å². The number of fused-ring (bicyclic) bond motifs is 3. The number of aryl methyl sites for hydroxylation is 1. The molecule has 4 aliphatic rings. The molecule has 2 aromatic rings. The number of carbonyl (C=O) groups is 2. The van der Waals surface area contributed by atoms with Gasteiger partial charge in [-0.15, -0.1) is 0 Å². The molecule has 9 heteroatoms. The Morgan fingerprint density at radius 1 is 1.11 bits per heavy atom. The van der Waals surface area contributed by atoms with Crippen LogP contribution in [0.2, 0.25) is 0 Å². The molecule has 1 N–H and O–H groups in total. The fourth-order valence-corrected chi connectivity index (χ4v) is 6.21. The molecule has 0 spiro atoms. The Bertz CT molecular complexity index is 1200. The van der Waals surface area contributed by atoms with Crippen LogP contribution in [0.4, 0.5) is 10.1 Å². The highest BCUT2D eigenvalue weighted by Crippen LogP contribution is 2.57. The lowest BCUT2D eigenvalue weighted by Gasteiger charge is -2.37. The van der Waals surface area contributed by atoms with E-state index in [4.69, 9.17) is 0 Å². The fourth-order valence-electron chi connectivity index (χ4n) is 6.21. The molecule has 1 aromatic heterocycles. The summed E-state index contributed by atoms with van der Waals surface area (Å²) in [6, 6.07) is 6.34. The maximum Gasteiger partial charge on any atom is 0.274 e. The van der Waals surface area contributed by atoms with E-state index in [-0.39, 0.29) is 31.3 Å². The number of rotatable bonds is 4. The number of aliphatic hydroxyl groups excluding tert-OH is 1. The van der Waals surface area contributed by atoms with Crippen molar-refractivity contribution >= 4 is 17.5 Å². The van der Waals surface area contributed by atoms with E-state index in [9.17, 15) is 19.1 Å². The van der Waals surface area contributed by atoms with Crippen molar-refractivity contribution in [3.63, 3.8) is 0 Å². The highest BCUT2D eigenvalue weighted by molar-refractivity contribution is 5.95. The Balaban J connectivity index is 1.15. The third-order valence-corrected chi connectivity index (χ3v) is 8.68. The summed E-state index contributed by atoms with van der Waals surface area (Å²) in [6.45, 7) is 7.47. The van der Waals surface area contributed by atoms with Crippen molar-refractivity contribution in [3.05, 3.63) is 46.3 Å². The molecule has 2 amide bonds. The minimum absolute atomic E-state index is 0.0189. The molecule has 1 saturated carbocycles. The number of anilines is 1. The standard InChI is InChI=1S/C27H34FN5O3/c1-16-4-3-5-21(17(16)2)30-8-10-31(11-9-30)24(35)15-33-22-13-18-12-19(18)25(22)26(29-33)27(36)32-7-6-23(34)20(28)14-32/h3-5,18-20,23,34H,6-15H2,1-2H3/t18-,19-,20-,23+/m1/s1. The fraction of sp³-hybridized carbons (Fsp3) is 0.593. The molecule has 3 fully saturated rings. The Hall–Kier alpha value is -2.94. The van der Waals surface area contributed by atoms with Crippen LogP contribution in [0, 0.1) is 19.8 Å². The van der Waals surface area contributed by atoms with E-state index >= 15 is 0 Å². The maximum absolute atomic E-state index is 14.1. The Labute approximate surface area is 210 Å². The number of halogens is 1. The highest BCUT2D eigenvalue weighted by atomic mass is 19.1. The zero-order chi connectivity index (χ0) is 25.1. The van der Waals surface area contributed by atoms with Gasteiger partial charge in [0.15, 0.2) is 5.69 Å². The van der Waals surface area contributed by atoms with Crippen LogP contribution in [-0.2, 0) is 17.8 Å². The second kappa shape index (κ2) is 8.87. The molecule has 192 valence electrons. The number of carbonyl (C=O) groups excluding carboxylic acids is 2. The monoisotopic (exact) mass is 495 g/mol. The zero-order valence-corrected chi connectivity index (χ0v) is 21.0. The number of piperazine rings is 1. The first-order chi connectivity index (χ1) is 17.3. The molecular weight excluding hydrogens is 461 g/mol. The molecule has 8 nitrogen and oxygen atoms in total. The molecule has 4 atom stereocenters. The molecule has 2 aliphatic carbocycles. The average molecular weight is 496 g/mol. The van der Waals surface area contributed by atoms with Gasteiger partial charge in [0.1, 0.15) is 12.7 Å². The summed E-state index contributed by atoms with van der Waals surface area (Å²) in [5, 5.41) is 14.3. The lowest BCUT2D eigenvalue weighted by atomic mass is 10.0. The maximum atomic E-state index is 14.1. The third kappa shape index (κ3) is 3.97. The van der Waals surface area contributed by atoms with Crippen molar-refractivity contribution in [2.75, 3.05) is 44.2 Å². The van der Waals surface area contributed by atoms with Gasteiger partial charge in [-0.3, -0.25) is 14.3 Å². The summed E-state index contributed by atoms with van der Waals surface area (Å²) < 4.78 is 15.8. The average Bonchev–Trinajstić information content (AvgIpc) is 3.40. The molecule has 2 aliphatic heterocycles. The van der Waals surface area contributed by atoms with Crippen LogP contribution in [0.3, 0.4) is 0 Å². The van der Waals surface area contributed by atoms with Crippen molar-refractivity contribution in [2.45, 2.75) is 57.8 Å². The Kier molecular flexibility index (Phi) is 5.78. The summed E-state index contributed by atoms with van der Waals surface area (Å²) in [5.74, 6) is 0.608. The summed E-state index contributed by atoms with van der Waals surface area (Å²) in [5.41, 5.74) is 6.13. The first kappa shape index (κ1) is 23.5. The van der Waals surface area contributed by atoms with Gasteiger partial charge in [-0.05, 0) is 62.1 Å². The number of amides is 2. The van der Waals surface area contributed by atoms with E-state index in [2.05, 4.69) is 42.0 Å². The molecule has 36 heavy (non-hydrogen) atoms. The predicted octanol–water partition coefficient (Wildman–Crippen LogP) is 2.05. The van der Waals surface area contributed by atoms with Gasteiger partial charge in [0.25, 0.3) is 5.91 Å². The van der Waals surface area contributed by atoms with Gasteiger partial charge < -0.3 is 19.8 Å². The van der Waals surface area contributed by atoms with Crippen molar-refractivity contribution in [1.82, 2.24) is 19.6 Å². The zero-order valence-electron chi connectivity index (χ0n) is 21.0. The quantitative estimate of drug-likeness (QED) is 0.702. The molecule has 0 unspecified atom stereocenters. The number of hydrogen-bond donors (Lipinski definition) is 1. The van der Waals surface area contributed by atoms with Crippen LogP contribution in [0.5, 0.6) is 0 Å². The number of nitrogens with zero attached hydrogens (tertiary/aromatic N) is 5. The number of likely N-dealkylation sites (tertiary alicyclic amines) is 1. The Morgan fingerprint density at radius 2 is 1.89 bits per heavy atom. The van der Waals surface area contributed by atoms with Gasteiger partial charge in [0.2, 0.25) is 5.91 Å². The number of alkyl halides is 1. The minimum Gasteiger partial charge on any atom is -0.390 e. The summed E-state index contributed by atoms with van der Waals surface area (Å²) in [4.78, 5) is 32.3. The van der Waals surface area contributed by atoms with Gasteiger partial charge in [-0.2, -0.15) is 5.10 Å². The minimum atomic E-state index is -1.43. The molecule has 2 saturated heterocycles. The summed E-state index contributed by atoms with van der Waals surface area (Å²) >= 11 is 0. The normalized spacial score (nSPS) is 27.2. The van der Waals surface area contributed by atoms with Gasteiger partial charge in [0, 0.05) is 49.7 Å². The first-order valence-electron chi connectivity index (χ1n) is 13.1. The number of aliphatic hydroxyl groups is 1. The molecule has 1 aromatic carbocycles. The van der Waals surface area contributed by atoms with Crippen molar-refractivity contribution < 1.29 is 19.1 Å². The van der Waals surface area contributed by atoms with E-state index in [1.54, 1.807) is 4.68 Å². The van der Waals surface area contributed by atoms with E-state index in [0.29, 0.717) is 37.2 Å². The molecular formula is C27H34FN5O3. The van der Waals surface area contributed by atoms with E-state index in [1.807, 2.05) is 4.90 Å². The van der Waals surface area contributed by atoms with Gasteiger partial charge in [0.05, 0.1) is 12.6 Å². The van der Waals surface area contributed by atoms with Gasteiger partial charge in [-0.1, -0.05) is 12.1 Å². The van der Waals surface area contributed by atoms with Gasteiger partial charge >= 0.3 is 0 Å². The number of benzene rings is 1. The van der Waals surface area contributed by atoms with Crippen molar-refractivity contribution in [3.8, 4) is 0 Å². The predicted molar refractivity (Wildman–Crippen MR) is 133 cm³/mol. The topological polar surface area (TPSA) is 81.9 Å². The lowest BCUT2D eigenvalue weighted by molar-refractivity contribution is -0.132. The smallest absolute Gasteiger partial charge is 0.274 e. The van der Waals surface area contributed by atoms with Crippen LogP contribution in [0.1, 0.15) is 51.6 Å². The molecule has 0 bridgehead atoms. The van der Waals surface area contributed by atoms with Gasteiger partial charge in [-0.25, -0.2) is 4.39 Å². The second-order valence-corrected chi connectivity index (χ2v) is 10.9. The summed E-state index contributed by atoms with van der Waals surface area (Å²) in [6.07, 6.45) is -0.321. The highest BCUT2D eigenvalue weighted by Gasteiger charge is 2.51. The number of hydrogen-bond acceptors (Lipinski definition) is 5. The molecule has 3 heterocycles. The second-order valence-electron chi connectivity index (χ2n) is 10.9. The van der Waals surface area contributed by atoms with Crippen LogP contribution in [-0.4, -0.2) is 88.0 Å². The SMILES string of the molecule is Cc1cccc(N2CCN(C(=O)Cn3nc(C(=O)N4CC[C@H](O)[C@H](F)C4)c4c3C[C@H]3C[C@@H]43)CC2)c1C. The van der Waals surface area contributed by atoms with E-state index in [1.165, 1.54) is 21.7 Å². The Morgan fingerprint density at radius 3 is 2.64 bits per heavy atom. The van der Waals surface area contributed by atoms with Crippen LogP contribution >= 0.6 is 0 Å². The molecule has 0 radical (unpaired) electrons. The number of piperidine rings is 1. The summed E-state index contributed by atoms with van der Waals surface area (Å²) in [7, 11) is 0. The van der Waals surface area contributed by atoms with Crippen molar-refractivity contribution in [2.24, 2.45) is 5.92 Å². The van der Waals surface area contributed by atoms with E-state index in [0.717, 1.165) is 37.2 Å². The van der Waals surface area contributed by atoms with Crippen molar-refractivity contribution in [1.29, 1.82) is 0 Å². The van der Waals surface area contributed by atoms with Crippen LogP contribution in [0.25, 0.3) is 0 Å². The lowest BCUT2D eigenvalue weighted by Crippen LogP contribution is -2.50. The molecule has 6 rings (SSSR count). The largest absolute Gasteiger partial charge is 0.390 e.